The van der Waals surface area contributed by atoms with Crippen LogP contribution in [-0.2, 0) is 10.0 Å². The molecule has 1 aliphatic rings. The van der Waals surface area contributed by atoms with Crippen molar-refractivity contribution in [3.8, 4) is 16.9 Å². The molecule has 2 aromatic carbocycles. The summed E-state index contributed by atoms with van der Waals surface area (Å²) in [6.45, 7) is 1.13. The molecule has 0 saturated heterocycles. The van der Waals surface area contributed by atoms with Crippen LogP contribution in [0, 0.1) is 18.7 Å². The Balaban J connectivity index is 1.75. The van der Waals surface area contributed by atoms with Gasteiger partial charge in [-0.1, -0.05) is 31.4 Å². The number of hydrogen-bond donors (Lipinski definition) is 1. The SMILES string of the molecule is COc1cccc(-c2cc(C)c(F)c(C(=O)CNS(=O)(=O)CC3CCCCC3)c2)c1. The fourth-order valence-corrected chi connectivity index (χ4v) is 5.36. The maximum Gasteiger partial charge on any atom is 0.212 e. The van der Waals surface area contributed by atoms with Crippen molar-refractivity contribution in [2.75, 3.05) is 19.4 Å². The number of nitrogens with one attached hydrogen (secondary N) is 1. The molecule has 7 heteroatoms. The van der Waals surface area contributed by atoms with Crippen LogP contribution in [0.15, 0.2) is 36.4 Å². The first-order valence-electron chi connectivity index (χ1n) is 10.2. The van der Waals surface area contributed by atoms with Crippen molar-refractivity contribution in [2.45, 2.75) is 39.0 Å². The smallest absolute Gasteiger partial charge is 0.212 e. The predicted octanol–water partition coefficient (Wildman–Crippen LogP) is 4.49. The Bertz CT molecular complexity index is 1010. The Morgan fingerprint density at radius 1 is 1.13 bits per heavy atom. The number of aryl methyl sites for hydroxylation is 1. The van der Waals surface area contributed by atoms with Crippen LogP contribution in [0.5, 0.6) is 5.75 Å². The Morgan fingerprint density at radius 3 is 2.57 bits per heavy atom. The Kier molecular flexibility index (Phi) is 7.26. The number of benzene rings is 2. The van der Waals surface area contributed by atoms with E-state index in [4.69, 9.17) is 4.74 Å². The molecule has 30 heavy (non-hydrogen) atoms. The minimum Gasteiger partial charge on any atom is -0.497 e. The third-order valence-corrected chi connectivity index (χ3v) is 7.08. The van der Waals surface area contributed by atoms with Gasteiger partial charge in [-0.2, -0.15) is 0 Å². The fraction of sp³-hybridized carbons (Fsp3) is 0.435. The summed E-state index contributed by atoms with van der Waals surface area (Å²) in [4.78, 5) is 12.7. The standard InChI is InChI=1S/C23H28FNO4S/c1-16-11-19(18-9-6-10-20(12-18)29-2)13-21(23(16)24)22(26)14-25-30(27,28)15-17-7-4-3-5-8-17/h6,9-13,17,25H,3-5,7-8,14-15H2,1-2H3. The van der Waals surface area contributed by atoms with Gasteiger partial charge < -0.3 is 4.74 Å². The summed E-state index contributed by atoms with van der Waals surface area (Å²) in [6, 6.07) is 10.4. The number of rotatable bonds is 8. The zero-order valence-corrected chi connectivity index (χ0v) is 18.2. The number of halogens is 1. The van der Waals surface area contributed by atoms with Crippen LogP contribution in [0.2, 0.25) is 0 Å². The van der Waals surface area contributed by atoms with E-state index < -0.39 is 28.2 Å². The molecule has 1 N–H and O–H groups in total. The lowest BCUT2D eigenvalue weighted by Gasteiger charge is -2.21. The van der Waals surface area contributed by atoms with Crippen LogP contribution in [0.4, 0.5) is 4.39 Å². The minimum absolute atomic E-state index is 0.0195. The molecule has 0 spiro atoms. The number of sulfonamides is 1. The molecule has 3 rings (SSSR count). The molecular formula is C23H28FNO4S. The summed E-state index contributed by atoms with van der Waals surface area (Å²) in [5.41, 5.74) is 1.66. The average Bonchev–Trinajstić information content (AvgIpc) is 2.74. The van der Waals surface area contributed by atoms with Crippen LogP contribution in [-0.4, -0.2) is 33.6 Å². The molecule has 0 amide bonds. The van der Waals surface area contributed by atoms with Crippen molar-refractivity contribution < 1.29 is 22.3 Å². The van der Waals surface area contributed by atoms with Crippen molar-refractivity contribution in [2.24, 2.45) is 5.92 Å². The highest BCUT2D eigenvalue weighted by Crippen LogP contribution is 2.28. The van der Waals surface area contributed by atoms with E-state index in [0.717, 1.165) is 37.7 Å². The fourth-order valence-electron chi connectivity index (χ4n) is 3.94. The Morgan fingerprint density at radius 2 is 1.87 bits per heavy atom. The molecule has 1 fully saturated rings. The quantitative estimate of drug-likeness (QED) is 0.623. The highest BCUT2D eigenvalue weighted by atomic mass is 32.2. The van der Waals surface area contributed by atoms with Crippen LogP contribution >= 0.6 is 0 Å². The zero-order chi connectivity index (χ0) is 21.7. The van der Waals surface area contributed by atoms with Gasteiger partial charge in [-0.3, -0.25) is 4.79 Å². The van der Waals surface area contributed by atoms with E-state index in [1.54, 1.807) is 32.2 Å². The Hall–Kier alpha value is -2.25. The van der Waals surface area contributed by atoms with E-state index in [0.29, 0.717) is 16.9 Å². The molecular weight excluding hydrogens is 405 g/mol. The summed E-state index contributed by atoms with van der Waals surface area (Å²) in [6.07, 6.45) is 5.02. The van der Waals surface area contributed by atoms with Gasteiger partial charge >= 0.3 is 0 Å². The normalized spacial score (nSPS) is 15.2. The van der Waals surface area contributed by atoms with Gasteiger partial charge in [0.25, 0.3) is 0 Å². The van der Waals surface area contributed by atoms with Crippen LogP contribution in [0.3, 0.4) is 0 Å². The largest absolute Gasteiger partial charge is 0.497 e. The molecule has 0 radical (unpaired) electrons. The molecule has 1 aliphatic carbocycles. The van der Waals surface area contributed by atoms with E-state index in [2.05, 4.69) is 4.72 Å². The van der Waals surface area contributed by atoms with E-state index >= 15 is 0 Å². The first-order chi connectivity index (χ1) is 14.3. The molecule has 0 unspecified atom stereocenters. The number of ether oxygens (including phenoxy) is 1. The van der Waals surface area contributed by atoms with Gasteiger partial charge in [0, 0.05) is 0 Å². The molecule has 5 nitrogen and oxygen atoms in total. The van der Waals surface area contributed by atoms with Crippen molar-refractivity contribution in [1.82, 2.24) is 4.72 Å². The van der Waals surface area contributed by atoms with Crippen LogP contribution in [0.25, 0.3) is 11.1 Å². The van der Waals surface area contributed by atoms with E-state index in [-0.39, 0.29) is 17.2 Å². The summed E-state index contributed by atoms with van der Waals surface area (Å²) >= 11 is 0. The van der Waals surface area contributed by atoms with Crippen molar-refractivity contribution >= 4 is 15.8 Å². The molecule has 1 saturated carbocycles. The van der Waals surface area contributed by atoms with Gasteiger partial charge in [0.2, 0.25) is 10.0 Å². The molecule has 162 valence electrons. The number of carbonyl (C=O) groups excluding carboxylic acids is 1. The zero-order valence-electron chi connectivity index (χ0n) is 17.4. The maximum atomic E-state index is 14.7. The summed E-state index contributed by atoms with van der Waals surface area (Å²) in [5, 5.41) is 0. The number of hydrogen-bond acceptors (Lipinski definition) is 4. The molecule has 0 aliphatic heterocycles. The summed E-state index contributed by atoms with van der Waals surface area (Å²) < 4.78 is 47.0. The molecule has 0 bridgehead atoms. The summed E-state index contributed by atoms with van der Waals surface area (Å²) in [5.74, 6) is -0.420. The minimum atomic E-state index is -3.59. The van der Waals surface area contributed by atoms with E-state index in [1.807, 2.05) is 12.1 Å². The first-order valence-corrected chi connectivity index (χ1v) is 11.9. The average molecular weight is 434 g/mol. The van der Waals surface area contributed by atoms with Gasteiger partial charge in [0.15, 0.2) is 5.78 Å². The number of carbonyl (C=O) groups is 1. The van der Waals surface area contributed by atoms with Crippen molar-refractivity contribution in [3.05, 3.63) is 53.3 Å². The molecule has 2 aromatic rings. The van der Waals surface area contributed by atoms with E-state index in [1.165, 1.54) is 6.07 Å². The molecule has 0 aromatic heterocycles. The number of Topliss-reactive ketones (excluding diaryl/α,β-unsaturated/α-hetero) is 1. The van der Waals surface area contributed by atoms with Gasteiger partial charge in [-0.05, 0) is 66.6 Å². The topological polar surface area (TPSA) is 72.5 Å². The van der Waals surface area contributed by atoms with Crippen molar-refractivity contribution in [3.63, 3.8) is 0 Å². The molecule has 0 atom stereocenters. The second-order valence-electron chi connectivity index (χ2n) is 7.92. The third kappa shape index (κ3) is 5.67. The van der Waals surface area contributed by atoms with Crippen LogP contribution in [0.1, 0.15) is 48.0 Å². The highest BCUT2D eigenvalue weighted by molar-refractivity contribution is 7.89. The van der Waals surface area contributed by atoms with Gasteiger partial charge in [0.1, 0.15) is 11.6 Å². The maximum absolute atomic E-state index is 14.7. The van der Waals surface area contributed by atoms with Crippen LogP contribution < -0.4 is 9.46 Å². The van der Waals surface area contributed by atoms with Gasteiger partial charge in [-0.25, -0.2) is 17.5 Å². The second kappa shape index (κ2) is 9.71. The van der Waals surface area contributed by atoms with Gasteiger partial charge in [-0.15, -0.1) is 0 Å². The lowest BCUT2D eigenvalue weighted by Crippen LogP contribution is -2.34. The predicted molar refractivity (Wildman–Crippen MR) is 116 cm³/mol. The molecule has 0 heterocycles. The third-order valence-electron chi connectivity index (χ3n) is 5.59. The lowest BCUT2D eigenvalue weighted by molar-refractivity contribution is 0.0993. The monoisotopic (exact) mass is 433 g/mol. The summed E-state index contributed by atoms with van der Waals surface area (Å²) in [7, 11) is -2.03. The Labute approximate surface area is 177 Å². The number of ketones is 1. The number of methoxy groups -OCH3 is 1. The lowest BCUT2D eigenvalue weighted by atomic mass is 9.91. The highest BCUT2D eigenvalue weighted by Gasteiger charge is 2.23. The second-order valence-corrected chi connectivity index (χ2v) is 9.77. The van der Waals surface area contributed by atoms with E-state index in [9.17, 15) is 17.6 Å². The first kappa shape index (κ1) is 22.4. The van der Waals surface area contributed by atoms with Gasteiger partial charge in [0.05, 0.1) is 25.0 Å². The van der Waals surface area contributed by atoms with Crippen molar-refractivity contribution in [1.29, 1.82) is 0 Å².